The molecule has 0 spiro atoms. The lowest BCUT2D eigenvalue weighted by Gasteiger charge is -2.07. The molecule has 0 amide bonds. The normalized spacial score (nSPS) is 15.4. The molecule has 0 aromatic heterocycles. The smallest absolute Gasteiger partial charge is 0.226 e. The number of carbonyl (C=O) groups excluding carboxylic acids is 1. The minimum Gasteiger partial charge on any atom is -0.504 e. The summed E-state index contributed by atoms with van der Waals surface area (Å²) in [5, 5.41) is 17.0. The van der Waals surface area contributed by atoms with Crippen molar-refractivity contribution in [3.63, 3.8) is 0 Å². The summed E-state index contributed by atoms with van der Waals surface area (Å²) < 4.78 is 0. The maximum atomic E-state index is 11.3. The third-order valence-electron chi connectivity index (χ3n) is 2.80. The van der Waals surface area contributed by atoms with E-state index in [0.717, 1.165) is 0 Å². The maximum Gasteiger partial charge on any atom is 0.226 e. The van der Waals surface area contributed by atoms with Crippen LogP contribution in [0.5, 0.6) is 5.75 Å². The molecule has 1 aliphatic rings. The highest BCUT2D eigenvalue weighted by molar-refractivity contribution is 6.49. The van der Waals surface area contributed by atoms with Gasteiger partial charge in [-0.1, -0.05) is 12.2 Å². The van der Waals surface area contributed by atoms with Gasteiger partial charge in [0.2, 0.25) is 5.78 Å². The van der Waals surface area contributed by atoms with Crippen molar-refractivity contribution in [3.8, 4) is 5.75 Å². The largest absolute Gasteiger partial charge is 0.504 e. The van der Waals surface area contributed by atoms with Gasteiger partial charge >= 0.3 is 0 Å². The summed E-state index contributed by atoms with van der Waals surface area (Å²) in [6.07, 6.45) is 6.29. The number of hydrogen-bond donors (Lipinski definition) is 5. The number of nitrogens with two attached hydrogens (primary N) is 3. The molecule has 0 fully saturated rings. The summed E-state index contributed by atoms with van der Waals surface area (Å²) in [5.74, 6) is -0.629. The van der Waals surface area contributed by atoms with Crippen LogP contribution < -0.4 is 17.2 Å². The lowest BCUT2D eigenvalue weighted by atomic mass is 10.0. The van der Waals surface area contributed by atoms with Crippen molar-refractivity contribution in [2.75, 3.05) is 11.5 Å². The van der Waals surface area contributed by atoms with Crippen LogP contribution in [0.15, 0.2) is 41.6 Å². The monoisotopic (exact) mass is 270 g/mol. The number of ketones is 1. The van der Waals surface area contributed by atoms with Crippen molar-refractivity contribution >= 4 is 28.9 Å². The Morgan fingerprint density at radius 3 is 2.20 bits per heavy atom. The Labute approximate surface area is 115 Å². The zero-order valence-corrected chi connectivity index (χ0v) is 10.6. The third-order valence-corrected chi connectivity index (χ3v) is 2.80. The summed E-state index contributed by atoms with van der Waals surface area (Å²) in [5.41, 5.74) is 18.3. The maximum absolute atomic E-state index is 11.3. The van der Waals surface area contributed by atoms with E-state index in [1.54, 1.807) is 24.3 Å². The molecule has 0 saturated carbocycles. The van der Waals surface area contributed by atoms with Gasteiger partial charge in [0, 0.05) is 0 Å². The molecule has 1 aromatic carbocycles. The van der Waals surface area contributed by atoms with Crippen LogP contribution in [-0.2, 0) is 4.79 Å². The van der Waals surface area contributed by atoms with Crippen LogP contribution in [0.3, 0.4) is 0 Å². The van der Waals surface area contributed by atoms with Crippen molar-refractivity contribution in [2.24, 2.45) is 5.73 Å². The molecule has 0 aliphatic heterocycles. The molecule has 0 radical (unpaired) electrons. The Bertz CT molecular complexity index is 676. The predicted molar refractivity (Wildman–Crippen MR) is 79.1 cm³/mol. The lowest BCUT2D eigenvalue weighted by molar-refractivity contribution is -0.109. The van der Waals surface area contributed by atoms with Gasteiger partial charge in [-0.25, -0.2) is 0 Å². The molecule has 6 heteroatoms. The fourth-order valence-corrected chi connectivity index (χ4v) is 1.76. The molecule has 2 rings (SSSR count). The van der Waals surface area contributed by atoms with Gasteiger partial charge in [-0.05, 0) is 35.4 Å². The van der Waals surface area contributed by atoms with E-state index in [9.17, 15) is 9.90 Å². The third kappa shape index (κ3) is 2.54. The number of phenols is 1. The lowest BCUT2D eigenvalue weighted by Crippen LogP contribution is -2.22. The van der Waals surface area contributed by atoms with Gasteiger partial charge in [0.05, 0.1) is 17.1 Å². The molecule has 8 N–H and O–H groups in total. The molecule has 0 unspecified atom stereocenters. The number of carbonyl (C=O) groups is 1. The zero-order chi connectivity index (χ0) is 14.9. The van der Waals surface area contributed by atoms with Crippen molar-refractivity contribution in [2.45, 2.75) is 0 Å². The molecule has 6 nitrogen and oxygen atoms in total. The molecule has 0 heterocycles. The minimum absolute atomic E-state index is 0.0295. The first-order valence-corrected chi connectivity index (χ1v) is 5.76. The predicted octanol–water partition coefficient (Wildman–Crippen LogP) is 0.941. The Hall–Kier alpha value is -3.02. The van der Waals surface area contributed by atoms with E-state index < -0.39 is 5.78 Å². The van der Waals surface area contributed by atoms with Crippen molar-refractivity contribution in [3.05, 3.63) is 47.2 Å². The molecule has 0 atom stereocenters. The number of nitrogen functional groups attached to an aromatic ring is 2. The van der Waals surface area contributed by atoms with Gasteiger partial charge in [0.1, 0.15) is 5.71 Å². The van der Waals surface area contributed by atoms with E-state index in [0.29, 0.717) is 11.1 Å². The van der Waals surface area contributed by atoms with Gasteiger partial charge in [-0.3, -0.25) is 10.2 Å². The standard InChI is InChI=1S/C14H14N4O2/c15-9-3-7(4-10(16)13(9)19)1-2-8-5-11(17)14(20)12(18)6-8/h1-6,15,20H,16-18H2. The first kappa shape index (κ1) is 13.4. The molecule has 1 aromatic rings. The summed E-state index contributed by atoms with van der Waals surface area (Å²) in [6, 6.07) is 3.13. The van der Waals surface area contributed by atoms with Gasteiger partial charge in [0.25, 0.3) is 0 Å². The van der Waals surface area contributed by atoms with Gasteiger partial charge in [-0.15, -0.1) is 0 Å². The van der Waals surface area contributed by atoms with E-state index in [-0.39, 0.29) is 28.5 Å². The first-order valence-electron chi connectivity index (χ1n) is 5.76. The topological polar surface area (TPSA) is 139 Å². The number of hydrogen-bond acceptors (Lipinski definition) is 6. The summed E-state index contributed by atoms with van der Waals surface area (Å²) in [4.78, 5) is 11.3. The minimum atomic E-state index is -0.486. The van der Waals surface area contributed by atoms with Crippen LogP contribution in [0, 0.1) is 5.41 Å². The molecule has 0 saturated heterocycles. The second-order valence-corrected chi connectivity index (χ2v) is 4.37. The van der Waals surface area contributed by atoms with Crippen LogP contribution in [0.2, 0.25) is 0 Å². The highest BCUT2D eigenvalue weighted by Crippen LogP contribution is 2.29. The van der Waals surface area contributed by atoms with E-state index in [4.69, 9.17) is 22.6 Å². The van der Waals surface area contributed by atoms with Crippen molar-refractivity contribution in [1.82, 2.24) is 0 Å². The summed E-state index contributed by atoms with van der Waals surface area (Å²) >= 11 is 0. The van der Waals surface area contributed by atoms with Gasteiger partial charge in [0.15, 0.2) is 5.75 Å². The number of nitrogens with one attached hydrogen (secondary N) is 1. The number of allylic oxidation sites excluding steroid dienone is 5. The van der Waals surface area contributed by atoms with E-state index in [1.165, 1.54) is 12.2 Å². The Kier molecular flexibility index (Phi) is 3.30. The number of benzene rings is 1. The second kappa shape index (κ2) is 4.93. The molecule has 0 bridgehead atoms. The van der Waals surface area contributed by atoms with Crippen LogP contribution in [0.4, 0.5) is 11.4 Å². The van der Waals surface area contributed by atoms with E-state index in [1.807, 2.05) is 0 Å². The van der Waals surface area contributed by atoms with E-state index in [2.05, 4.69) is 0 Å². The SMILES string of the molecule is N=C1C=C(C=Cc2cc(N)c(O)c(N)c2)C=C(N)C1=O. The summed E-state index contributed by atoms with van der Waals surface area (Å²) in [7, 11) is 0. The number of aromatic hydroxyl groups is 1. The zero-order valence-electron chi connectivity index (χ0n) is 10.6. The quantitative estimate of drug-likeness (QED) is 0.309. The fraction of sp³-hybridized carbons (Fsp3) is 0. The van der Waals surface area contributed by atoms with E-state index >= 15 is 0 Å². The molecule has 1 aliphatic carbocycles. The molecular formula is C14H14N4O2. The Morgan fingerprint density at radius 1 is 1.05 bits per heavy atom. The molecule has 102 valence electrons. The number of rotatable bonds is 2. The average molecular weight is 270 g/mol. The average Bonchev–Trinajstić information content (AvgIpc) is 2.39. The first-order chi connectivity index (χ1) is 9.38. The molecule has 20 heavy (non-hydrogen) atoms. The van der Waals surface area contributed by atoms with Gasteiger partial charge < -0.3 is 22.3 Å². The highest BCUT2D eigenvalue weighted by atomic mass is 16.3. The van der Waals surface area contributed by atoms with Crippen LogP contribution >= 0.6 is 0 Å². The van der Waals surface area contributed by atoms with Crippen LogP contribution in [0.1, 0.15) is 5.56 Å². The van der Waals surface area contributed by atoms with Crippen LogP contribution in [0.25, 0.3) is 6.08 Å². The number of phenolic OH excluding ortho intramolecular Hbond substituents is 1. The van der Waals surface area contributed by atoms with Crippen molar-refractivity contribution < 1.29 is 9.90 Å². The summed E-state index contributed by atoms with van der Waals surface area (Å²) in [6.45, 7) is 0. The van der Waals surface area contributed by atoms with Crippen molar-refractivity contribution in [1.29, 1.82) is 5.41 Å². The number of Topliss-reactive ketones (excluding diaryl/α,β-unsaturated/α-hetero) is 1. The number of anilines is 2. The fourth-order valence-electron chi connectivity index (χ4n) is 1.76. The molecular weight excluding hydrogens is 256 g/mol. The van der Waals surface area contributed by atoms with Crippen LogP contribution in [-0.4, -0.2) is 16.6 Å². The highest BCUT2D eigenvalue weighted by Gasteiger charge is 2.15. The van der Waals surface area contributed by atoms with Gasteiger partial charge in [-0.2, -0.15) is 0 Å². The Balaban J connectivity index is 2.29. The Morgan fingerprint density at radius 2 is 1.65 bits per heavy atom. The second-order valence-electron chi connectivity index (χ2n) is 4.37.